The maximum Gasteiger partial charge on any atom is 0.0462 e. The van der Waals surface area contributed by atoms with Crippen molar-refractivity contribution in [3.63, 3.8) is 0 Å². The van der Waals surface area contributed by atoms with Crippen LogP contribution in [0.3, 0.4) is 0 Å². The lowest BCUT2D eigenvalue weighted by atomic mass is 9.79. The molecule has 0 saturated heterocycles. The molecule has 0 aliphatic heterocycles. The number of rotatable bonds is 1. The summed E-state index contributed by atoms with van der Waals surface area (Å²) in [6.45, 7) is 20.6. The van der Waals surface area contributed by atoms with Gasteiger partial charge in [-0.1, -0.05) is 86.6 Å². The molecule has 0 unspecified atom stereocenters. The maximum atomic E-state index is 3.66. The molecule has 1 aromatic heterocycles. The third-order valence-corrected chi connectivity index (χ3v) is 5.28. The first-order chi connectivity index (χ1) is 13.2. The highest BCUT2D eigenvalue weighted by Crippen LogP contribution is 2.37. The highest BCUT2D eigenvalue weighted by atomic mass is 14.8. The van der Waals surface area contributed by atoms with Crippen molar-refractivity contribution in [2.45, 2.75) is 78.6 Å². The summed E-state index contributed by atoms with van der Waals surface area (Å²) in [6.07, 6.45) is 0. The van der Waals surface area contributed by atoms with Crippen LogP contribution in [0, 0.1) is 0 Å². The third-order valence-electron chi connectivity index (χ3n) is 5.28. The predicted molar refractivity (Wildman–Crippen MR) is 130 cm³/mol. The van der Waals surface area contributed by atoms with Crippen LogP contribution in [-0.4, -0.2) is 12.0 Å². The van der Waals surface area contributed by atoms with E-state index in [1.54, 1.807) is 0 Å². The second-order valence-electron chi connectivity index (χ2n) is 11.0. The highest BCUT2D eigenvalue weighted by Gasteiger charge is 2.25. The van der Waals surface area contributed by atoms with E-state index >= 15 is 0 Å². The Morgan fingerprint density at radius 2 is 1.28 bits per heavy atom. The zero-order chi connectivity index (χ0) is 22.0. The molecule has 0 bridgehead atoms. The number of hydrogen-bond acceptors (Lipinski definition) is 1. The number of nitrogens with one attached hydrogen (secondary N) is 2. The van der Waals surface area contributed by atoms with Crippen LogP contribution >= 0.6 is 0 Å². The Morgan fingerprint density at radius 3 is 1.69 bits per heavy atom. The zero-order valence-electron chi connectivity index (χ0n) is 20.1. The Balaban J connectivity index is 0.000000313. The molecule has 3 rings (SSSR count). The van der Waals surface area contributed by atoms with Crippen LogP contribution in [0.5, 0.6) is 0 Å². The molecule has 2 aromatic carbocycles. The standard InChI is InChI=1S/C20H31N.C7H9N/c1-18(2,3)13-10-15(19(4,5)6)14-12-17(20(7,8)9)21-16(14)11-13;1-8-7-5-3-2-4-6-7/h10-12,21H,1-9H3;2-6,8H,1H3. The molecule has 158 valence electrons. The van der Waals surface area contributed by atoms with E-state index in [9.17, 15) is 0 Å². The zero-order valence-corrected chi connectivity index (χ0v) is 20.1. The predicted octanol–water partition coefficient (Wildman–Crippen LogP) is 7.79. The van der Waals surface area contributed by atoms with Crippen molar-refractivity contribution in [3.8, 4) is 0 Å². The van der Waals surface area contributed by atoms with Crippen LogP contribution in [0.15, 0.2) is 48.5 Å². The van der Waals surface area contributed by atoms with Crippen LogP contribution in [0.4, 0.5) is 5.69 Å². The van der Waals surface area contributed by atoms with Gasteiger partial charge in [-0.15, -0.1) is 0 Å². The second-order valence-corrected chi connectivity index (χ2v) is 11.0. The van der Waals surface area contributed by atoms with E-state index in [0.717, 1.165) is 5.69 Å². The number of H-pyrrole nitrogens is 1. The van der Waals surface area contributed by atoms with Crippen molar-refractivity contribution in [2.24, 2.45) is 0 Å². The molecule has 0 amide bonds. The van der Waals surface area contributed by atoms with Gasteiger partial charge in [0.05, 0.1) is 0 Å². The third kappa shape index (κ3) is 5.88. The van der Waals surface area contributed by atoms with E-state index in [1.807, 2.05) is 37.4 Å². The minimum atomic E-state index is 0.149. The average molecular weight is 393 g/mol. The van der Waals surface area contributed by atoms with Gasteiger partial charge in [0.25, 0.3) is 0 Å². The van der Waals surface area contributed by atoms with E-state index in [4.69, 9.17) is 0 Å². The largest absolute Gasteiger partial charge is 0.388 e. The van der Waals surface area contributed by atoms with Crippen molar-refractivity contribution in [1.82, 2.24) is 4.98 Å². The van der Waals surface area contributed by atoms with Gasteiger partial charge in [0.15, 0.2) is 0 Å². The number of para-hydroxylation sites is 1. The number of benzene rings is 2. The number of fused-ring (bicyclic) bond motifs is 1. The second kappa shape index (κ2) is 8.26. The molecule has 2 nitrogen and oxygen atoms in total. The summed E-state index contributed by atoms with van der Waals surface area (Å²) < 4.78 is 0. The molecule has 0 aliphatic rings. The molecular weight excluding hydrogens is 352 g/mol. The number of aromatic nitrogens is 1. The molecule has 0 saturated carbocycles. The highest BCUT2D eigenvalue weighted by molar-refractivity contribution is 5.86. The summed E-state index contributed by atoms with van der Waals surface area (Å²) in [7, 11) is 1.91. The van der Waals surface area contributed by atoms with Gasteiger partial charge in [-0.3, -0.25) is 0 Å². The van der Waals surface area contributed by atoms with Crippen molar-refractivity contribution >= 4 is 16.6 Å². The first-order valence-corrected chi connectivity index (χ1v) is 10.6. The van der Waals surface area contributed by atoms with E-state index in [2.05, 4.69) is 90.8 Å². The van der Waals surface area contributed by atoms with E-state index < -0.39 is 0 Å². The summed E-state index contributed by atoms with van der Waals surface area (Å²) in [5.74, 6) is 0. The van der Waals surface area contributed by atoms with Gasteiger partial charge in [-0.05, 0) is 46.2 Å². The summed E-state index contributed by atoms with van der Waals surface area (Å²) >= 11 is 0. The fourth-order valence-corrected chi connectivity index (χ4v) is 3.30. The van der Waals surface area contributed by atoms with Crippen molar-refractivity contribution in [2.75, 3.05) is 12.4 Å². The van der Waals surface area contributed by atoms with Gasteiger partial charge in [0.2, 0.25) is 0 Å². The van der Waals surface area contributed by atoms with Crippen LogP contribution in [0.1, 0.15) is 79.1 Å². The molecule has 0 aliphatic carbocycles. The summed E-state index contributed by atoms with van der Waals surface area (Å²) in [5, 5.41) is 4.40. The van der Waals surface area contributed by atoms with Crippen LogP contribution in [-0.2, 0) is 16.2 Å². The normalized spacial score (nSPS) is 12.5. The molecule has 0 radical (unpaired) electrons. The van der Waals surface area contributed by atoms with E-state index in [1.165, 1.54) is 27.7 Å². The SMILES string of the molecule is CC(C)(C)c1cc(C(C)(C)C)c2cc(C(C)(C)C)[nH]c2c1.CNc1ccccc1. The maximum absolute atomic E-state index is 3.66. The van der Waals surface area contributed by atoms with Crippen LogP contribution in [0.25, 0.3) is 10.9 Å². The first kappa shape index (κ1) is 23.1. The first-order valence-electron chi connectivity index (χ1n) is 10.6. The molecule has 0 spiro atoms. The molecule has 0 atom stereocenters. The lowest BCUT2D eigenvalue weighted by molar-refractivity contribution is 0.573. The molecule has 2 N–H and O–H groups in total. The molecule has 3 aromatic rings. The van der Waals surface area contributed by atoms with Gasteiger partial charge in [0.1, 0.15) is 0 Å². The lowest BCUT2D eigenvalue weighted by Gasteiger charge is -2.25. The van der Waals surface area contributed by atoms with Crippen molar-refractivity contribution in [3.05, 3.63) is 65.4 Å². The fourth-order valence-electron chi connectivity index (χ4n) is 3.30. The smallest absolute Gasteiger partial charge is 0.0462 e. The average Bonchev–Trinajstić information content (AvgIpc) is 3.05. The van der Waals surface area contributed by atoms with Crippen molar-refractivity contribution in [1.29, 1.82) is 0 Å². The minimum Gasteiger partial charge on any atom is -0.388 e. The Bertz CT molecular complexity index is 927. The molecule has 29 heavy (non-hydrogen) atoms. The molecular formula is C27H40N2. The van der Waals surface area contributed by atoms with Crippen molar-refractivity contribution < 1.29 is 0 Å². The molecule has 0 fully saturated rings. The van der Waals surface area contributed by atoms with Gasteiger partial charge in [0, 0.05) is 34.7 Å². The fraction of sp³-hybridized carbons (Fsp3) is 0.481. The van der Waals surface area contributed by atoms with Crippen LogP contribution in [0.2, 0.25) is 0 Å². The number of aromatic amines is 1. The quantitative estimate of drug-likeness (QED) is 0.434. The minimum absolute atomic E-state index is 0.149. The Labute approximate surface area is 178 Å². The number of anilines is 1. The van der Waals surface area contributed by atoms with E-state index in [-0.39, 0.29) is 16.2 Å². The van der Waals surface area contributed by atoms with E-state index in [0.29, 0.717) is 0 Å². The van der Waals surface area contributed by atoms with Gasteiger partial charge in [-0.25, -0.2) is 0 Å². The van der Waals surface area contributed by atoms with Crippen LogP contribution < -0.4 is 5.32 Å². The Morgan fingerprint density at radius 1 is 0.690 bits per heavy atom. The van der Waals surface area contributed by atoms with Gasteiger partial charge < -0.3 is 10.3 Å². The molecule has 2 heteroatoms. The Kier molecular flexibility index (Phi) is 6.57. The summed E-state index contributed by atoms with van der Waals surface area (Å²) in [4.78, 5) is 3.66. The topological polar surface area (TPSA) is 27.8 Å². The number of hydrogen-bond donors (Lipinski definition) is 2. The Hall–Kier alpha value is -2.22. The monoisotopic (exact) mass is 392 g/mol. The summed E-state index contributed by atoms with van der Waals surface area (Å²) in [6, 6.07) is 17.2. The lowest BCUT2D eigenvalue weighted by Crippen LogP contribution is -2.16. The summed E-state index contributed by atoms with van der Waals surface area (Å²) in [5.41, 5.74) is 7.06. The van der Waals surface area contributed by atoms with Gasteiger partial charge in [-0.2, -0.15) is 0 Å². The molecule has 1 heterocycles. The van der Waals surface area contributed by atoms with Gasteiger partial charge >= 0.3 is 0 Å².